The quantitative estimate of drug-likeness (QED) is 0.0276. The van der Waals surface area contributed by atoms with E-state index in [2.05, 4.69) is 74.1 Å². The van der Waals surface area contributed by atoms with Crippen molar-refractivity contribution in [3.63, 3.8) is 0 Å². The van der Waals surface area contributed by atoms with E-state index in [9.17, 15) is 107 Å². The standard InChI is InChI=1S/C73H120N18O22S/c1-34(2)27-49(87-71(110)58(39(10)93)90-65(104)47(21-23-56(97)98)83-69(108)51(30-41-32-78-44-18-14-13-17-42(41)44)84-63(102)48(24-26-114-12)81-61(100)43(75)33-92)67(106)85-52(31-55(77)96)66(105)79-38(9)60(99)80-46(20-22-54(76)95)62(101)82-45(19-15-16-25-74)64(103)91-59(40(11)94)72(111)89-57(37(7)8)70(109)86-50(28-35(3)4)68(107)88-53(73(112)113)29-36(5)6/h13-14,17-18,32,34-40,43,45-53,57-59,78,92-94H,15-16,19-31,33,74-75H2,1-12H3,(H2,76,95)(H2,77,96)(H,79,105)(H,80,99)(H,81,100)(H,82,101)(H,83,108)(H,84,102)(H,85,106)(H,86,109)(H,87,110)(H,88,107)(H,89,111)(H,90,104)(H,91,103)(H,97,98)(H,112,113)/t38-,39+,40+,43-,45-,46-,47-,48-,49-,50-,51-,52-,53-,57-,58-,59-/m0/s1. The van der Waals surface area contributed by atoms with Crippen molar-refractivity contribution < 1.29 is 107 Å². The van der Waals surface area contributed by atoms with Crippen molar-refractivity contribution in [2.75, 3.05) is 25.2 Å². The molecule has 0 radical (unpaired) electrons. The lowest BCUT2D eigenvalue weighted by atomic mass is 9.98. The van der Waals surface area contributed by atoms with Crippen LogP contribution in [0.15, 0.2) is 30.5 Å². The molecule has 0 unspecified atom stereocenters. The molecule has 640 valence electrons. The molecular weight excluding hydrogens is 1510 g/mol. The number of fused-ring (bicyclic) bond motifs is 1. The molecule has 1 heterocycles. The molecule has 15 amide bonds. The molecular formula is C73H120N18O22S. The summed E-state index contributed by atoms with van der Waals surface area (Å²) in [4.78, 5) is 234. The van der Waals surface area contributed by atoms with Gasteiger partial charge in [-0.25, -0.2) is 4.79 Å². The van der Waals surface area contributed by atoms with Crippen LogP contribution in [0.4, 0.5) is 0 Å². The third-order valence-electron chi connectivity index (χ3n) is 17.8. The van der Waals surface area contributed by atoms with Gasteiger partial charge in [0.1, 0.15) is 84.6 Å². The number of hydrogen-bond acceptors (Lipinski definition) is 23. The summed E-state index contributed by atoms with van der Waals surface area (Å²) in [6, 6.07) is -15.5. The minimum absolute atomic E-state index is 0.0278. The summed E-state index contributed by atoms with van der Waals surface area (Å²) in [6.45, 7) is 16.1. The second-order valence-electron chi connectivity index (χ2n) is 29.7. The van der Waals surface area contributed by atoms with Gasteiger partial charge in [-0.1, -0.05) is 73.6 Å². The Balaban J connectivity index is 2.46. The van der Waals surface area contributed by atoms with Gasteiger partial charge in [0.25, 0.3) is 0 Å². The van der Waals surface area contributed by atoms with Crippen LogP contribution in [0.5, 0.6) is 0 Å². The van der Waals surface area contributed by atoms with Crippen LogP contribution in [-0.4, -0.2) is 253 Å². The van der Waals surface area contributed by atoms with Crippen LogP contribution in [0.1, 0.15) is 159 Å². The zero-order valence-corrected chi connectivity index (χ0v) is 67.5. The average molecular weight is 1630 g/mol. The van der Waals surface area contributed by atoms with Gasteiger partial charge in [0.2, 0.25) is 88.6 Å². The van der Waals surface area contributed by atoms with E-state index in [0.717, 1.165) is 20.8 Å². The van der Waals surface area contributed by atoms with Crippen molar-refractivity contribution >= 4 is 123 Å². The normalized spacial score (nSPS) is 15.6. The molecule has 27 N–H and O–H groups in total. The number of nitrogens with one attached hydrogen (secondary N) is 14. The number of aromatic amines is 1. The zero-order valence-electron chi connectivity index (χ0n) is 66.6. The lowest BCUT2D eigenvalue weighted by molar-refractivity contribution is -0.143. The number of primary amides is 2. The van der Waals surface area contributed by atoms with Crippen LogP contribution in [0.2, 0.25) is 0 Å². The molecule has 40 nitrogen and oxygen atoms in total. The summed E-state index contributed by atoms with van der Waals surface area (Å²) in [5, 5.41) is 83.3. The summed E-state index contributed by atoms with van der Waals surface area (Å²) >= 11 is 1.33. The number of para-hydroxylation sites is 1. The van der Waals surface area contributed by atoms with E-state index in [1.54, 1.807) is 92.1 Å². The first-order valence-corrected chi connectivity index (χ1v) is 39.2. The molecule has 1 aromatic carbocycles. The van der Waals surface area contributed by atoms with Crippen LogP contribution in [0, 0.1) is 23.7 Å². The number of rotatable bonds is 54. The minimum atomic E-state index is -1.99. The van der Waals surface area contributed by atoms with Gasteiger partial charge in [-0.3, -0.25) is 76.7 Å². The molecule has 2 rings (SSSR count). The van der Waals surface area contributed by atoms with Gasteiger partial charge < -0.3 is 123 Å². The third-order valence-corrected chi connectivity index (χ3v) is 18.5. The van der Waals surface area contributed by atoms with Crippen LogP contribution < -0.4 is 92.1 Å². The Kier molecular flexibility index (Phi) is 44.0. The van der Waals surface area contributed by atoms with Crippen LogP contribution in [0.3, 0.4) is 0 Å². The number of thioether (sulfide) groups is 1. The van der Waals surface area contributed by atoms with E-state index in [0.29, 0.717) is 28.6 Å². The number of carboxylic acids is 2. The molecule has 41 heteroatoms. The van der Waals surface area contributed by atoms with E-state index in [1.165, 1.54) is 11.8 Å². The second kappa shape index (κ2) is 50.2. The SMILES string of the molecule is CSCC[C@H](NC(=O)[C@@H](N)CO)C(=O)N[C@@H](Cc1c[nH]c2ccccc12)C(=O)N[C@@H](CCC(=O)O)C(=O)N[C@H](C(=O)N[C@@H](CC(C)C)C(=O)N[C@@H](CC(N)=O)C(=O)N[C@@H](C)C(=O)N[C@@H](CCC(N)=O)C(=O)N[C@@H](CCCCN)C(=O)N[C@H](C(=O)N[C@H](C(=O)N[C@@H](CC(C)C)C(=O)N[C@@H](CC(C)C)C(=O)O)C(C)C)[C@@H](C)O)[C@@H](C)O. The van der Waals surface area contributed by atoms with Crippen molar-refractivity contribution in [2.24, 2.45) is 46.6 Å². The lowest BCUT2D eigenvalue weighted by Gasteiger charge is -2.30. The summed E-state index contributed by atoms with van der Waals surface area (Å²) in [5.74, 6) is -19.7. The number of carboxylic acid groups (broad SMARTS) is 2. The topological polar surface area (TPSA) is 668 Å². The van der Waals surface area contributed by atoms with E-state index in [4.69, 9.17) is 22.9 Å². The van der Waals surface area contributed by atoms with Crippen LogP contribution >= 0.6 is 11.8 Å². The van der Waals surface area contributed by atoms with Gasteiger partial charge in [-0.05, 0) is 132 Å². The number of benzene rings is 1. The minimum Gasteiger partial charge on any atom is -0.481 e. The van der Waals surface area contributed by atoms with Crippen molar-refractivity contribution in [3.8, 4) is 0 Å². The van der Waals surface area contributed by atoms with E-state index in [1.807, 2.05) is 0 Å². The Morgan fingerprint density at radius 3 is 1.30 bits per heavy atom. The highest BCUT2D eigenvalue weighted by Crippen LogP contribution is 2.21. The molecule has 0 aliphatic rings. The number of H-pyrrole nitrogens is 1. The van der Waals surface area contributed by atoms with Gasteiger partial charge >= 0.3 is 11.9 Å². The molecule has 0 saturated heterocycles. The van der Waals surface area contributed by atoms with Crippen molar-refractivity contribution in [2.45, 2.75) is 256 Å². The van der Waals surface area contributed by atoms with E-state index >= 15 is 0 Å². The van der Waals surface area contributed by atoms with Crippen molar-refractivity contribution in [3.05, 3.63) is 36.0 Å². The van der Waals surface area contributed by atoms with Crippen molar-refractivity contribution in [1.29, 1.82) is 0 Å². The first-order valence-electron chi connectivity index (χ1n) is 37.8. The number of carbonyl (C=O) groups is 17. The fourth-order valence-electron chi connectivity index (χ4n) is 11.6. The smallest absolute Gasteiger partial charge is 0.326 e. The Labute approximate surface area is 665 Å². The second-order valence-corrected chi connectivity index (χ2v) is 30.7. The number of aliphatic hydroxyl groups is 3. The van der Waals surface area contributed by atoms with Gasteiger partial charge in [0.15, 0.2) is 0 Å². The Hall–Kier alpha value is -10.1. The van der Waals surface area contributed by atoms with Crippen LogP contribution in [-0.2, 0) is 87.9 Å². The summed E-state index contributed by atoms with van der Waals surface area (Å²) in [7, 11) is 0. The third kappa shape index (κ3) is 35.5. The number of aliphatic carboxylic acids is 2. The zero-order chi connectivity index (χ0) is 86.5. The highest BCUT2D eigenvalue weighted by molar-refractivity contribution is 7.98. The maximum atomic E-state index is 14.5. The predicted octanol–water partition coefficient (Wildman–Crippen LogP) is -5.12. The fraction of sp³-hybridized carbons (Fsp3) is 0.658. The number of aromatic nitrogens is 1. The van der Waals surface area contributed by atoms with Crippen molar-refractivity contribution in [1.82, 2.24) is 74.1 Å². The number of unbranched alkanes of at least 4 members (excludes halogenated alkanes) is 1. The summed E-state index contributed by atoms with van der Waals surface area (Å²) in [5.41, 5.74) is 23.6. The van der Waals surface area contributed by atoms with Gasteiger partial charge in [0, 0.05) is 36.4 Å². The Morgan fingerprint density at radius 2 is 0.833 bits per heavy atom. The van der Waals surface area contributed by atoms with Crippen LogP contribution in [0.25, 0.3) is 10.9 Å². The summed E-state index contributed by atoms with van der Waals surface area (Å²) < 4.78 is 0. The molecule has 0 fully saturated rings. The largest absolute Gasteiger partial charge is 0.481 e. The number of nitrogens with two attached hydrogens (primary N) is 4. The highest BCUT2D eigenvalue weighted by Gasteiger charge is 2.40. The maximum absolute atomic E-state index is 14.5. The van der Waals surface area contributed by atoms with E-state index in [-0.39, 0.29) is 63.3 Å². The molecule has 0 aliphatic carbocycles. The lowest BCUT2D eigenvalue weighted by Crippen LogP contribution is -2.62. The molecule has 0 aliphatic heterocycles. The van der Waals surface area contributed by atoms with E-state index < -0.39 is 248 Å². The average Bonchev–Trinajstić information content (AvgIpc) is 1.62. The molecule has 0 saturated carbocycles. The predicted molar refractivity (Wildman–Crippen MR) is 417 cm³/mol. The molecule has 114 heavy (non-hydrogen) atoms. The molecule has 2 aromatic rings. The first kappa shape index (κ1) is 100.0. The Morgan fingerprint density at radius 1 is 0.439 bits per heavy atom. The monoisotopic (exact) mass is 1630 g/mol. The van der Waals surface area contributed by atoms with Gasteiger partial charge in [-0.2, -0.15) is 11.8 Å². The van der Waals surface area contributed by atoms with Gasteiger partial charge in [-0.15, -0.1) is 0 Å². The van der Waals surface area contributed by atoms with Gasteiger partial charge in [0.05, 0.1) is 25.2 Å². The Bertz CT molecular complexity index is 3620. The number of hydrogen-bond donors (Lipinski definition) is 23. The number of aliphatic hydroxyl groups excluding tert-OH is 3. The number of amides is 15. The fourth-order valence-corrected chi connectivity index (χ4v) is 12.1. The highest BCUT2D eigenvalue weighted by atomic mass is 32.2. The molecule has 0 spiro atoms. The molecule has 16 atom stereocenters. The maximum Gasteiger partial charge on any atom is 0.326 e. The first-order chi connectivity index (χ1) is 53.3. The molecule has 0 bridgehead atoms. The summed E-state index contributed by atoms with van der Waals surface area (Å²) in [6.07, 6.45) is -3.62. The molecule has 1 aromatic heterocycles. The number of carbonyl (C=O) groups excluding carboxylic acids is 15.